The highest BCUT2D eigenvalue weighted by molar-refractivity contribution is 5.82. The Bertz CT molecular complexity index is 516. The standard InChI is InChI=1S/C18H28N2O3/c1-18(2,3)23-17(22)19-11-10-14-6-8-15(9-7-14)12-16(21)13-20(4)5/h6-9H,10-13H2,1-5H3,(H,19,22). The molecule has 128 valence electrons. The molecule has 23 heavy (non-hydrogen) atoms. The van der Waals surface area contributed by atoms with E-state index in [1.54, 1.807) is 0 Å². The normalized spacial score (nSPS) is 11.4. The summed E-state index contributed by atoms with van der Waals surface area (Å²) < 4.78 is 5.18. The van der Waals surface area contributed by atoms with E-state index in [4.69, 9.17) is 4.74 Å². The van der Waals surface area contributed by atoms with Crippen molar-refractivity contribution in [2.75, 3.05) is 27.2 Å². The molecule has 0 radical (unpaired) electrons. The number of likely N-dealkylation sites (N-methyl/N-ethyl adjacent to an activating group) is 1. The zero-order valence-corrected chi connectivity index (χ0v) is 14.8. The Hall–Kier alpha value is -1.88. The third-order valence-electron chi connectivity index (χ3n) is 3.00. The second-order valence-corrected chi connectivity index (χ2v) is 6.95. The summed E-state index contributed by atoms with van der Waals surface area (Å²) in [6.45, 7) is 6.49. The van der Waals surface area contributed by atoms with Crippen LogP contribution in [0.3, 0.4) is 0 Å². The lowest BCUT2D eigenvalue weighted by molar-refractivity contribution is -0.119. The lowest BCUT2D eigenvalue weighted by Gasteiger charge is -2.19. The van der Waals surface area contributed by atoms with Gasteiger partial charge in [-0.25, -0.2) is 4.79 Å². The third kappa shape index (κ3) is 8.98. The summed E-state index contributed by atoms with van der Waals surface area (Å²) in [7, 11) is 3.78. The van der Waals surface area contributed by atoms with Crippen LogP contribution in [0.5, 0.6) is 0 Å². The number of ketones is 1. The molecule has 0 aromatic heterocycles. The second kappa shape index (κ2) is 8.67. The van der Waals surface area contributed by atoms with Gasteiger partial charge in [-0.3, -0.25) is 4.79 Å². The lowest BCUT2D eigenvalue weighted by Crippen LogP contribution is -2.33. The van der Waals surface area contributed by atoms with Crippen LogP contribution in [-0.4, -0.2) is 49.6 Å². The van der Waals surface area contributed by atoms with Gasteiger partial charge in [-0.2, -0.15) is 0 Å². The monoisotopic (exact) mass is 320 g/mol. The smallest absolute Gasteiger partial charge is 0.407 e. The molecule has 0 fully saturated rings. The van der Waals surface area contributed by atoms with Gasteiger partial charge in [0.1, 0.15) is 5.60 Å². The summed E-state index contributed by atoms with van der Waals surface area (Å²) in [5, 5.41) is 2.74. The van der Waals surface area contributed by atoms with Gasteiger partial charge in [0.2, 0.25) is 0 Å². The maximum atomic E-state index is 11.8. The van der Waals surface area contributed by atoms with Gasteiger partial charge in [-0.05, 0) is 52.4 Å². The average molecular weight is 320 g/mol. The van der Waals surface area contributed by atoms with E-state index in [2.05, 4.69) is 5.32 Å². The van der Waals surface area contributed by atoms with Crippen molar-refractivity contribution in [3.8, 4) is 0 Å². The van der Waals surface area contributed by atoms with E-state index in [-0.39, 0.29) is 5.78 Å². The fraction of sp³-hybridized carbons (Fsp3) is 0.556. The van der Waals surface area contributed by atoms with Crippen LogP contribution in [0.2, 0.25) is 0 Å². The van der Waals surface area contributed by atoms with Gasteiger partial charge >= 0.3 is 6.09 Å². The number of rotatable bonds is 7. The first-order valence-corrected chi connectivity index (χ1v) is 7.87. The van der Waals surface area contributed by atoms with Crippen molar-refractivity contribution in [2.24, 2.45) is 0 Å². The first kappa shape index (κ1) is 19.2. The zero-order chi connectivity index (χ0) is 17.5. The molecule has 0 atom stereocenters. The highest BCUT2D eigenvalue weighted by Gasteiger charge is 2.15. The molecule has 1 aromatic carbocycles. The third-order valence-corrected chi connectivity index (χ3v) is 3.00. The number of carbonyl (C=O) groups is 2. The number of carbonyl (C=O) groups excluding carboxylic acids is 2. The number of hydrogen-bond acceptors (Lipinski definition) is 4. The Kier molecular flexibility index (Phi) is 7.23. The summed E-state index contributed by atoms with van der Waals surface area (Å²) in [6.07, 6.45) is 0.781. The molecule has 0 unspecified atom stereocenters. The molecule has 0 heterocycles. The minimum absolute atomic E-state index is 0.203. The van der Waals surface area contributed by atoms with Crippen molar-refractivity contribution in [1.82, 2.24) is 10.2 Å². The SMILES string of the molecule is CN(C)CC(=O)Cc1ccc(CCNC(=O)OC(C)(C)C)cc1. The minimum Gasteiger partial charge on any atom is -0.444 e. The Morgan fingerprint density at radius 1 is 1.09 bits per heavy atom. The van der Waals surface area contributed by atoms with Gasteiger partial charge in [0.15, 0.2) is 5.78 Å². The molecule has 0 aliphatic heterocycles. The molecule has 1 aromatic rings. The first-order valence-electron chi connectivity index (χ1n) is 7.87. The quantitative estimate of drug-likeness (QED) is 0.838. The summed E-state index contributed by atoms with van der Waals surface area (Å²) >= 11 is 0. The molecular formula is C18H28N2O3. The summed E-state index contributed by atoms with van der Waals surface area (Å²) in [6, 6.07) is 7.93. The number of benzene rings is 1. The number of nitrogens with zero attached hydrogens (tertiary/aromatic N) is 1. The van der Waals surface area contributed by atoms with Crippen molar-refractivity contribution < 1.29 is 14.3 Å². The van der Waals surface area contributed by atoms with Crippen LogP contribution in [0.4, 0.5) is 4.79 Å². The van der Waals surface area contributed by atoms with Gasteiger partial charge in [0, 0.05) is 13.0 Å². The molecule has 0 aliphatic carbocycles. The molecule has 0 spiro atoms. The van der Waals surface area contributed by atoms with E-state index < -0.39 is 11.7 Å². The van der Waals surface area contributed by atoms with E-state index in [1.165, 1.54) is 0 Å². The number of Topliss-reactive ketones (excluding diaryl/α,β-unsaturated/α-hetero) is 1. The topological polar surface area (TPSA) is 58.6 Å². The molecule has 0 aliphatic rings. The van der Waals surface area contributed by atoms with E-state index in [9.17, 15) is 9.59 Å². The second-order valence-electron chi connectivity index (χ2n) is 6.95. The number of hydrogen-bond donors (Lipinski definition) is 1. The highest BCUT2D eigenvalue weighted by Crippen LogP contribution is 2.08. The highest BCUT2D eigenvalue weighted by atomic mass is 16.6. The molecule has 1 amide bonds. The van der Waals surface area contributed by atoms with Gasteiger partial charge in [-0.1, -0.05) is 24.3 Å². The lowest BCUT2D eigenvalue weighted by atomic mass is 10.0. The van der Waals surface area contributed by atoms with Crippen molar-refractivity contribution in [2.45, 2.75) is 39.2 Å². The Labute approximate surface area is 139 Å². The molecule has 1 N–H and O–H groups in total. The summed E-state index contributed by atoms with van der Waals surface area (Å²) in [5.41, 5.74) is 1.65. The fourth-order valence-corrected chi connectivity index (χ4v) is 2.08. The van der Waals surface area contributed by atoms with Crippen molar-refractivity contribution in [3.05, 3.63) is 35.4 Å². The van der Waals surface area contributed by atoms with Crippen LogP contribution >= 0.6 is 0 Å². The molecule has 0 saturated carbocycles. The van der Waals surface area contributed by atoms with E-state index in [0.717, 1.165) is 17.5 Å². The summed E-state index contributed by atoms with van der Waals surface area (Å²) in [5.74, 6) is 0.203. The van der Waals surface area contributed by atoms with Crippen molar-refractivity contribution >= 4 is 11.9 Å². The van der Waals surface area contributed by atoms with Crippen LogP contribution < -0.4 is 5.32 Å². The van der Waals surface area contributed by atoms with Crippen molar-refractivity contribution in [3.63, 3.8) is 0 Å². The number of alkyl carbamates (subject to hydrolysis) is 1. The Balaban J connectivity index is 2.37. The summed E-state index contributed by atoms with van der Waals surface area (Å²) in [4.78, 5) is 25.2. The Morgan fingerprint density at radius 3 is 2.17 bits per heavy atom. The minimum atomic E-state index is -0.481. The Morgan fingerprint density at radius 2 is 1.65 bits per heavy atom. The van der Waals surface area contributed by atoms with Crippen LogP contribution in [0.25, 0.3) is 0 Å². The van der Waals surface area contributed by atoms with Crippen molar-refractivity contribution in [1.29, 1.82) is 0 Å². The van der Waals surface area contributed by atoms with Gasteiger partial charge in [0.25, 0.3) is 0 Å². The van der Waals surface area contributed by atoms with Crippen LogP contribution in [0.15, 0.2) is 24.3 Å². The molecule has 1 rings (SSSR count). The fourth-order valence-electron chi connectivity index (χ4n) is 2.08. The van der Waals surface area contributed by atoms with Crippen LogP contribution in [-0.2, 0) is 22.4 Å². The average Bonchev–Trinajstić information content (AvgIpc) is 2.37. The number of nitrogens with one attached hydrogen (secondary N) is 1. The van der Waals surface area contributed by atoms with E-state index in [0.29, 0.717) is 19.5 Å². The van der Waals surface area contributed by atoms with Gasteiger partial charge in [0.05, 0.1) is 6.54 Å². The zero-order valence-electron chi connectivity index (χ0n) is 14.8. The van der Waals surface area contributed by atoms with E-state index in [1.807, 2.05) is 64.0 Å². The van der Waals surface area contributed by atoms with Gasteiger partial charge < -0.3 is 15.0 Å². The van der Waals surface area contributed by atoms with Crippen LogP contribution in [0.1, 0.15) is 31.9 Å². The number of amides is 1. The first-order chi connectivity index (χ1) is 10.7. The van der Waals surface area contributed by atoms with Gasteiger partial charge in [-0.15, -0.1) is 0 Å². The predicted octanol–water partition coefficient (Wildman–Crippen LogP) is 2.43. The maximum Gasteiger partial charge on any atom is 0.407 e. The molecule has 5 nitrogen and oxygen atoms in total. The van der Waals surface area contributed by atoms with E-state index >= 15 is 0 Å². The molecular weight excluding hydrogens is 292 g/mol. The van der Waals surface area contributed by atoms with Crippen LogP contribution in [0, 0.1) is 0 Å². The molecule has 0 saturated heterocycles. The molecule has 5 heteroatoms. The number of ether oxygens (including phenoxy) is 1. The largest absolute Gasteiger partial charge is 0.444 e. The molecule has 0 bridgehead atoms. The predicted molar refractivity (Wildman–Crippen MR) is 91.6 cm³/mol. The maximum absolute atomic E-state index is 11.8.